The summed E-state index contributed by atoms with van der Waals surface area (Å²) in [5, 5.41) is 35.6. The number of unbranched alkanes of at least 4 members (excludes halogenated alkanes) is 2. The van der Waals surface area contributed by atoms with Crippen LogP contribution in [0.15, 0.2) is 78.3 Å². The lowest BCUT2D eigenvalue weighted by Gasteiger charge is -2.41. The minimum Gasteiger partial charge on any atom is -0.445 e. The Morgan fingerprint density at radius 2 is 1.48 bits per heavy atom. The van der Waals surface area contributed by atoms with Gasteiger partial charge in [-0.15, -0.1) is 5.10 Å². The van der Waals surface area contributed by atoms with Gasteiger partial charge < -0.3 is 76.2 Å². The summed E-state index contributed by atoms with van der Waals surface area (Å²) in [6, 6.07) is 10.8. The Balaban J connectivity index is 1.03. The van der Waals surface area contributed by atoms with Gasteiger partial charge in [-0.2, -0.15) is 0 Å². The summed E-state index contributed by atoms with van der Waals surface area (Å²) in [6.07, 6.45) is 6.49. The first-order chi connectivity index (χ1) is 51.4. The van der Waals surface area contributed by atoms with Crippen molar-refractivity contribution in [1.29, 1.82) is 0 Å². The van der Waals surface area contributed by atoms with Crippen LogP contribution < -0.4 is 37.6 Å². The van der Waals surface area contributed by atoms with Crippen LogP contribution in [0.25, 0.3) is 0 Å². The highest BCUT2D eigenvalue weighted by Crippen LogP contribution is 2.31. The summed E-state index contributed by atoms with van der Waals surface area (Å²) in [4.78, 5) is 135. The number of amides is 9. The fourth-order valence-corrected chi connectivity index (χ4v) is 13.0. The number of nitrogens with two attached hydrogens (primary N) is 1. The smallest absolute Gasteiger partial charge is 0.410 e. The topological polar surface area (TPSA) is 419 Å². The maximum atomic E-state index is 14.8. The molecule has 9 amide bonds. The minimum atomic E-state index is -3.51. The zero-order valence-electron chi connectivity index (χ0n) is 64.6. The Hall–Kier alpha value is -9.04. The van der Waals surface area contributed by atoms with Crippen LogP contribution >= 0.6 is 0 Å². The molecule has 4 aromatic rings. The van der Waals surface area contributed by atoms with Crippen molar-refractivity contribution < 1.29 is 80.4 Å². The van der Waals surface area contributed by atoms with Crippen LogP contribution in [0.1, 0.15) is 148 Å². The first-order valence-electron chi connectivity index (χ1n) is 36.8. The standard InChI is InChI=1S/C75H113N15O17S/c1-14-50(6)67(60(103-11)40-64(94)90-36-23-28-59(90)69(104-12)51(7)70(96)81-52(8)68(95)55-25-18-16-19-26-55)87(9)73(99)65(48(2)3)84-72(98)66(49(4)5)88(10)75(100)107-45-53-30-32-56(33-31-53)82-71(97)58(27-21-22-34-76)83-63(93)47-106-46-62(92)77-35-38-105-39-37-89-44-57(85-86-89)43-78-61(91)29-20-15-17-24-54-41-79-74(80-42-54)108(13,101)102/h16,18-19,25-26,30-33,41-42,44,48-52,58-60,65-69,95H,14-15,20-23,27-29,34-40,43,45-47,76H2,1-13H3,(H,77,92)(H,78,91)(H,81,96)(H,82,97)(H,83,93)(H,84,98)/t50-,51+,52+,58-,59-,60+,65-,66-,67-,68+,69+/m0/s1. The quantitative estimate of drug-likeness (QED) is 0.0178. The summed E-state index contributed by atoms with van der Waals surface area (Å²) < 4.78 is 53.3. The van der Waals surface area contributed by atoms with Crippen LogP contribution in [-0.4, -0.2) is 236 Å². The maximum absolute atomic E-state index is 14.8. The number of methoxy groups -OCH3 is 2. The molecule has 3 heterocycles. The number of sulfone groups is 1. The van der Waals surface area contributed by atoms with Gasteiger partial charge in [-0.1, -0.05) is 114 Å². The molecular formula is C75H113N15O17S. The zero-order chi connectivity index (χ0) is 79.6. The summed E-state index contributed by atoms with van der Waals surface area (Å²) in [6.45, 7) is 15.3. The molecule has 33 heteroatoms. The van der Waals surface area contributed by atoms with E-state index in [0.29, 0.717) is 92.7 Å². The SMILES string of the molecule is CC[C@H](C)[C@@H]([C@@H](CC(=O)N1CCC[C@H]1[C@H](OC)[C@@H](C)C(=O)N[C@H](C)[C@@H](O)c1ccccc1)OC)N(C)C(=O)[C@@H](NC(=O)[C@H](C(C)C)N(C)C(=O)OCc1ccc(NC(=O)[C@H](CCCCN)NC(=O)COCC(=O)NCCOCCn2cc(CNC(=O)CCCC#Cc3cnc(S(C)(=O)=O)nc3)nn2)cc1)C(C)C. The van der Waals surface area contributed by atoms with Gasteiger partial charge in [0.2, 0.25) is 62.3 Å². The summed E-state index contributed by atoms with van der Waals surface area (Å²) in [5.74, 6) is 0.641. The van der Waals surface area contributed by atoms with Crippen LogP contribution in [0.2, 0.25) is 0 Å². The van der Waals surface area contributed by atoms with Gasteiger partial charge in [-0.05, 0) is 93.0 Å². The third kappa shape index (κ3) is 28.8. The van der Waals surface area contributed by atoms with Gasteiger partial charge in [0.05, 0.1) is 86.8 Å². The number of likely N-dealkylation sites (tertiary alicyclic amines) is 1. The maximum Gasteiger partial charge on any atom is 0.410 e. The van der Waals surface area contributed by atoms with Crippen molar-refractivity contribution >= 4 is 68.9 Å². The highest BCUT2D eigenvalue weighted by molar-refractivity contribution is 7.90. The lowest BCUT2D eigenvalue weighted by atomic mass is 9.89. The van der Waals surface area contributed by atoms with Gasteiger partial charge in [-0.25, -0.2) is 27.9 Å². The second kappa shape index (κ2) is 45.7. The van der Waals surface area contributed by atoms with Crippen molar-refractivity contribution in [3.8, 4) is 11.8 Å². The van der Waals surface area contributed by atoms with E-state index in [1.54, 1.807) is 106 Å². The van der Waals surface area contributed by atoms with Crippen molar-refractivity contribution in [3.63, 3.8) is 0 Å². The van der Waals surface area contributed by atoms with Gasteiger partial charge in [0, 0.05) is 78.6 Å². The molecular weight excluding hydrogens is 1410 g/mol. The Morgan fingerprint density at radius 3 is 2.12 bits per heavy atom. The van der Waals surface area contributed by atoms with Crippen LogP contribution in [0.4, 0.5) is 10.5 Å². The number of likely N-dealkylation sites (N-methyl/N-ethyl adjacent to an activating group) is 2. The van der Waals surface area contributed by atoms with Gasteiger partial charge in [0.15, 0.2) is 0 Å². The molecule has 0 unspecified atom stereocenters. The van der Waals surface area contributed by atoms with Crippen LogP contribution in [-0.2, 0) is 91.6 Å². The zero-order valence-corrected chi connectivity index (χ0v) is 65.4. The Labute approximate surface area is 634 Å². The number of nitrogens with zero attached hydrogens (tertiary/aromatic N) is 8. The minimum absolute atomic E-state index is 0.0902. The van der Waals surface area contributed by atoms with E-state index in [9.17, 15) is 56.7 Å². The second-order valence-corrected chi connectivity index (χ2v) is 29.7. The average Bonchev–Trinajstić information content (AvgIpc) is 1.21. The van der Waals surface area contributed by atoms with E-state index in [-0.39, 0.29) is 81.0 Å². The number of hydrogen-bond donors (Lipinski definition) is 8. The molecule has 0 bridgehead atoms. The number of hydrogen-bond acceptors (Lipinski definition) is 22. The first-order valence-corrected chi connectivity index (χ1v) is 38.6. The fraction of sp³-hybridized carbons (Fsp3) is 0.613. The molecule has 596 valence electrons. The normalized spacial score (nSPS) is 15.7. The van der Waals surface area contributed by atoms with E-state index in [4.69, 9.17) is 29.4 Å². The van der Waals surface area contributed by atoms with Crippen molar-refractivity contribution in [3.05, 3.63) is 95.6 Å². The Bertz CT molecular complexity index is 3710. The predicted octanol–water partition coefficient (Wildman–Crippen LogP) is 3.60. The van der Waals surface area contributed by atoms with Crippen molar-refractivity contribution in [1.82, 2.24) is 66.2 Å². The molecule has 0 spiro atoms. The molecule has 1 fully saturated rings. The van der Waals surface area contributed by atoms with Crippen molar-refractivity contribution in [2.24, 2.45) is 29.4 Å². The third-order valence-corrected chi connectivity index (χ3v) is 19.6. The van der Waals surface area contributed by atoms with Crippen molar-refractivity contribution in [2.75, 3.05) is 85.9 Å². The van der Waals surface area contributed by atoms with Gasteiger partial charge in [0.1, 0.15) is 43.6 Å². The highest BCUT2D eigenvalue weighted by atomic mass is 32.2. The largest absolute Gasteiger partial charge is 0.445 e. The lowest BCUT2D eigenvalue weighted by molar-refractivity contribution is -0.148. The molecule has 9 N–H and O–H groups in total. The van der Waals surface area contributed by atoms with E-state index in [1.165, 1.54) is 38.6 Å². The predicted molar refractivity (Wildman–Crippen MR) is 401 cm³/mol. The second-order valence-electron chi connectivity index (χ2n) is 27.8. The summed E-state index contributed by atoms with van der Waals surface area (Å²) in [7, 11) is 2.59. The Kier molecular flexibility index (Phi) is 37.9. The van der Waals surface area contributed by atoms with Crippen LogP contribution in [0.3, 0.4) is 0 Å². The van der Waals surface area contributed by atoms with E-state index < -0.39 is 131 Å². The van der Waals surface area contributed by atoms with Crippen molar-refractivity contribution in [2.45, 2.75) is 199 Å². The van der Waals surface area contributed by atoms with Gasteiger partial charge >= 0.3 is 6.09 Å². The summed E-state index contributed by atoms with van der Waals surface area (Å²) >= 11 is 0. The molecule has 0 radical (unpaired) electrons. The van der Waals surface area contributed by atoms with E-state index in [2.05, 4.69) is 64.0 Å². The first kappa shape index (κ1) is 89.6. The number of aliphatic hydroxyl groups excluding tert-OH is 1. The molecule has 11 atom stereocenters. The van der Waals surface area contributed by atoms with E-state index in [1.807, 2.05) is 32.0 Å². The number of benzene rings is 2. The number of ether oxygens (including phenoxy) is 5. The van der Waals surface area contributed by atoms with Gasteiger partial charge in [-0.3, -0.25) is 43.3 Å². The molecule has 1 aliphatic heterocycles. The molecule has 1 aliphatic rings. The molecule has 1 saturated heterocycles. The number of rotatable bonds is 45. The average molecular weight is 1530 g/mol. The summed E-state index contributed by atoms with van der Waals surface area (Å²) in [5.41, 5.74) is 8.33. The number of aliphatic hydroxyl groups is 1. The van der Waals surface area contributed by atoms with E-state index >= 15 is 0 Å². The number of carbonyl (C=O) groups is 9. The fourth-order valence-electron chi connectivity index (χ4n) is 12.5. The van der Waals surface area contributed by atoms with Gasteiger partial charge in [0.25, 0.3) is 0 Å². The highest BCUT2D eigenvalue weighted by Gasteiger charge is 2.44. The van der Waals surface area contributed by atoms with Crippen LogP contribution in [0, 0.1) is 35.5 Å². The Morgan fingerprint density at radius 1 is 0.787 bits per heavy atom. The molecule has 32 nitrogen and oxygen atoms in total. The monoisotopic (exact) mass is 1530 g/mol. The lowest BCUT2D eigenvalue weighted by Crippen LogP contribution is -2.60. The molecule has 2 aromatic carbocycles. The number of aromatic nitrogens is 5. The molecule has 108 heavy (non-hydrogen) atoms. The number of anilines is 1. The molecule has 0 saturated carbocycles. The molecule has 2 aromatic heterocycles. The van der Waals surface area contributed by atoms with Crippen LogP contribution in [0.5, 0.6) is 0 Å². The van der Waals surface area contributed by atoms with E-state index in [0.717, 1.165) is 6.26 Å². The molecule has 0 aliphatic carbocycles. The number of nitrogens with one attached hydrogen (secondary N) is 6. The molecule has 5 rings (SSSR count). The number of carbonyl (C=O) groups excluding carboxylic acids is 9. The third-order valence-electron chi connectivity index (χ3n) is 18.7.